The zero-order chi connectivity index (χ0) is 15.6. The van der Waals surface area contributed by atoms with Crippen molar-refractivity contribution in [1.82, 2.24) is 15.5 Å². The van der Waals surface area contributed by atoms with Gasteiger partial charge in [-0.3, -0.25) is 4.79 Å². The lowest BCUT2D eigenvalue weighted by molar-refractivity contribution is 0.0697. The number of carbonyl (C=O) groups excluding carboxylic acids is 1. The Bertz CT molecular complexity index is 691. The summed E-state index contributed by atoms with van der Waals surface area (Å²) >= 11 is 0. The molecule has 0 aliphatic rings. The van der Waals surface area contributed by atoms with Crippen LogP contribution in [0.25, 0.3) is 0 Å². The minimum absolute atomic E-state index is 0.0517. The number of benzene rings is 1. The smallest absolute Gasteiger partial charge is 0.335 e. The number of amides is 1. The van der Waals surface area contributed by atoms with Gasteiger partial charge in [-0.15, -0.1) is 0 Å². The van der Waals surface area contributed by atoms with Crippen molar-refractivity contribution in [3.63, 3.8) is 0 Å². The molecule has 2 rings (SSSR count). The third-order valence-electron chi connectivity index (χ3n) is 2.88. The van der Waals surface area contributed by atoms with Crippen molar-refractivity contribution in [3.8, 4) is 0 Å². The van der Waals surface area contributed by atoms with Gasteiger partial charge in [0.2, 0.25) is 5.89 Å². The number of carboxylic acid groups (broad SMARTS) is 1. The molecule has 110 valence electrons. The van der Waals surface area contributed by atoms with Gasteiger partial charge in [0, 0.05) is 12.5 Å². The molecular formula is C14H15N3O4. The number of aromatic nitrogens is 2. The molecule has 2 aromatic rings. The number of nitrogens with one attached hydrogen (secondary N) is 1. The van der Waals surface area contributed by atoms with Crippen molar-refractivity contribution in [3.05, 3.63) is 47.1 Å². The lowest BCUT2D eigenvalue weighted by Crippen LogP contribution is -2.41. The Morgan fingerprint density at radius 1 is 1.29 bits per heavy atom. The van der Waals surface area contributed by atoms with Crippen LogP contribution < -0.4 is 5.32 Å². The second-order valence-electron chi connectivity index (χ2n) is 5.10. The summed E-state index contributed by atoms with van der Waals surface area (Å²) in [6.07, 6.45) is 0. The molecule has 2 N–H and O–H groups in total. The highest BCUT2D eigenvalue weighted by Crippen LogP contribution is 2.17. The van der Waals surface area contributed by atoms with Gasteiger partial charge in [0.05, 0.1) is 11.1 Å². The van der Waals surface area contributed by atoms with Gasteiger partial charge in [0.1, 0.15) is 0 Å². The van der Waals surface area contributed by atoms with Crippen LogP contribution in [0.2, 0.25) is 0 Å². The lowest BCUT2D eigenvalue weighted by atomic mass is 10.0. The molecule has 1 aromatic carbocycles. The number of aromatic carboxylic acids is 1. The molecule has 0 aliphatic carbocycles. The molecule has 0 fully saturated rings. The molecule has 0 atom stereocenters. The zero-order valence-corrected chi connectivity index (χ0v) is 11.9. The molecule has 0 saturated heterocycles. The molecular weight excluding hydrogens is 274 g/mol. The van der Waals surface area contributed by atoms with Crippen LogP contribution in [0.1, 0.15) is 46.3 Å². The number of carboxylic acids is 1. The van der Waals surface area contributed by atoms with E-state index in [0.717, 1.165) is 0 Å². The second kappa shape index (κ2) is 5.35. The second-order valence-corrected chi connectivity index (χ2v) is 5.10. The van der Waals surface area contributed by atoms with E-state index in [1.165, 1.54) is 18.2 Å². The number of hydrogen-bond acceptors (Lipinski definition) is 5. The van der Waals surface area contributed by atoms with Crippen LogP contribution >= 0.6 is 0 Å². The summed E-state index contributed by atoms with van der Waals surface area (Å²) < 4.78 is 4.90. The van der Waals surface area contributed by atoms with E-state index in [4.69, 9.17) is 9.63 Å². The maximum absolute atomic E-state index is 12.2. The van der Waals surface area contributed by atoms with Gasteiger partial charge in [-0.2, -0.15) is 4.98 Å². The summed E-state index contributed by atoms with van der Waals surface area (Å²) in [6.45, 7) is 5.12. The molecule has 1 aromatic heterocycles. The van der Waals surface area contributed by atoms with Crippen LogP contribution in [0.3, 0.4) is 0 Å². The zero-order valence-electron chi connectivity index (χ0n) is 11.9. The Labute approximate surface area is 121 Å². The average Bonchev–Trinajstić information content (AvgIpc) is 2.86. The largest absolute Gasteiger partial charge is 0.478 e. The minimum atomic E-state index is -1.09. The fourth-order valence-electron chi connectivity index (χ4n) is 1.76. The quantitative estimate of drug-likeness (QED) is 0.888. The fraction of sp³-hybridized carbons (Fsp3) is 0.286. The minimum Gasteiger partial charge on any atom is -0.478 e. The monoisotopic (exact) mass is 289 g/mol. The van der Waals surface area contributed by atoms with Gasteiger partial charge < -0.3 is 14.9 Å². The van der Waals surface area contributed by atoms with E-state index in [0.29, 0.717) is 11.7 Å². The molecule has 0 spiro atoms. The van der Waals surface area contributed by atoms with Crippen molar-refractivity contribution >= 4 is 11.9 Å². The number of rotatable bonds is 4. The lowest BCUT2D eigenvalue weighted by Gasteiger charge is -2.22. The van der Waals surface area contributed by atoms with Gasteiger partial charge >= 0.3 is 5.97 Å². The first kappa shape index (κ1) is 14.7. The standard InChI is InChI=1S/C14H15N3O4/c1-8-15-13(17-21-8)14(2,3)16-11(18)9-5-4-6-10(7-9)12(19)20/h4-7H,1-3H3,(H,16,18)(H,19,20). The van der Waals surface area contributed by atoms with Crippen molar-refractivity contribution in [2.24, 2.45) is 0 Å². The van der Waals surface area contributed by atoms with E-state index >= 15 is 0 Å². The molecule has 0 radical (unpaired) electrons. The van der Waals surface area contributed by atoms with E-state index in [2.05, 4.69) is 15.5 Å². The topological polar surface area (TPSA) is 105 Å². The van der Waals surface area contributed by atoms with Crippen LogP contribution in [-0.2, 0) is 5.54 Å². The Kier molecular flexibility index (Phi) is 3.75. The van der Waals surface area contributed by atoms with Crippen molar-refractivity contribution in [2.45, 2.75) is 26.3 Å². The van der Waals surface area contributed by atoms with Crippen LogP contribution in [0.4, 0.5) is 0 Å². The van der Waals surface area contributed by atoms with Crippen LogP contribution in [0.5, 0.6) is 0 Å². The van der Waals surface area contributed by atoms with E-state index < -0.39 is 17.4 Å². The number of nitrogens with zero attached hydrogens (tertiary/aromatic N) is 2. The molecule has 1 heterocycles. The molecule has 0 saturated carbocycles. The molecule has 0 bridgehead atoms. The third kappa shape index (κ3) is 3.25. The van der Waals surface area contributed by atoms with E-state index in [-0.39, 0.29) is 11.1 Å². The summed E-state index contributed by atoms with van der Waals surface area (Å²) in [5, 5.41) is 15.5. The normalized spacial score (nSPS) is 11.2. The maximum atomic E-state index is 12.2. The van der Waals surface area contributed by atoms with E-state index in [1.54, 1.807) is 26.8 Å². The van der Waals surface area contributed by atoms with Crippen LogP contribution in [-0.4, -0.2) is 27.1 Å². The molecule has 7 nitrogen and oxygen atoms in total. The van der Waals surface area contributed by atoms with Crippen LogP contribution in [0.15, 0.2) is 28.8 Å². The predicted molar refractivity (Wildman–Crippen MR) is 72.9 cm³/mol. The molecule has 21 heavy (non-hydrogen) atoms. The van der Waals surface area contributed by atoms with Gasteiger partial charge in [-0.25, -0.2) is 4.79 Å². The summed E-state index contributed by atoms with van der Waals surface area (Å²) in [6, 6.07) is 5.80. The molecule has 7 heteroatoms. The average molecular weight is 289 g/mol. The highest BCUT2D eigenvalue weighted by atomic mass is 16.5. The van der Waals surface area contributed by atoms with Gasteiger partial charge in [0.25, 0.3) is 5.91 Å². The first-order valence-corrected chi connectivity index (χ1v) is 6.26. The number of aryl methyl sites for hydroxylation is 1. The first-order valence-electron chi connectivity index (χ1n) is 6.26. The Morgan fingerprint density at radius 3 is 2.52 bits per heavy atom. The predicted octanol–water partition coefficient (Wildman–Crippen LogP) is 1.74. The Morgan fingerprint density at radius 2 is 1.95 bits per heavy atom. The van der Waals surface area contributed by atoms with Crippen molar-refractivity contribution < 1.29 is 19.2 Å². The van der Waals surface area contributed by atoms with Gasteiger partial charge in [-0.1, -0.05) is 11.2 Å². The van der Waals surface area contributed by atoms with Crippen molar-refractivity contribution in [2.75, 3.05) is 0 Å². The number of hydrogen-bond donors (Lipinski definition) is 2. The molecule has 0 aliphatic heterocycles. The van der Waals surface area contributed by atoms with Crippen LogP contribution in [0, 0.1) is 6.92 Å². The highest BCUT2D eigenvalue weighted by molar-refractivity contribution is 5.97. The van der Waals surface area contributed by atoms with E-state index in [9.17, 15) is 9.59 Å². The summed E-state index contributed by atoms with van der Waals surface area (Å²) in [5.74, 6) is -0.744. The Balaban J connectivity index is 2.21. The molecule has 1 amide bonds. The van der Waals surface area contributed by atoms with Gasteiger partial charge in [-0.05, 0) is 32.0 Å². The fourth-order valence-corrected chi connectivity index (χ4v) is 1.76. The highest BCUT2D eigenvalue weighted by Gasteiger charge is 2.28. The third-order valence-corrected chi connectivity index (χ3v) is 2.88. The van der Waals surface area contributed by atoms with E-state index in [1.807, 2.05) is 0 Å². The summed E-state index contributed by atoms with van der Waals surface area (Å²) in [5.41, 5.74) is -0.535. The first-order chi connectivity index (χ1) is 9.79. The summed E-state index contributed by atoms with van der Waals surface area (Å²) in [7, 11) is 0. The van der Waals surface area contributed by atoms with Gasteiger partial charge in [0.15, 0.2) is 5.82 Å². The number of carbonyl (C=O) groups is 2. The Hall–Kier alpha value is -2.70. The summed E-state index contributed by atoms with van der Waals surface area (Å²) in [4.78, 5) is 27.2. The maximum Gasteiger partial charge on any atom is 0.335 e. The SMILES string of the molecule is Cc1nc(C(C)(C)NC(=O)c2cccc(C(=O)O)c2)no1. The molecule has 0 unspecified atom stereocenters. The van der Waals surface area contributed by atoms with Crippen molar-refractivity contribution in [1.29, 1.82) is 0 Å².